The lowest BCUT2D eigenvalue weighted by atomic mass is 10.1. The SMILES string of the molecule is CN(C)Cc1cncc([C@@H]2CCCN2C(=O)CCc2ccc(F)cc2)n1. The molecule has 5 nitrogen and oxygen atoms in total. The fraction of sp³-hybridized carbons (Fsp3) is 0.450. The van der Waals surface area contributed by atoms with Crippen molar-refractivity contribution < 1.29 is 9.18 Å². The van der Waals surface area contributed by atoms with E-state index in [1.165, 1.54) is 12.1 Å². The van der Waals surface area contributed by atoms with Crippen molar-refractivity contribution in [3.63, 3.8) is 0 Å². The fourth-order valence-electron chi connectivity index (χ4n) is 3.40. The molecule has 0 N–H and O–H groups in total. The summed E-state index contributed by atoms with van der Waals surface area (Å²) in [6, 6.07) is 6.35. The number of rotatable bonds is 6. The third-order valence-electron chi connectivity index (χ3n) is 4.64. The normalized spacial score (nSPS) is 17.1. The molecule has 2 aromatic rings. The summed E-state index contributed by atoms with van der Waals surface area (Å²) in [5.74, 6) is -0.132. The molecule has 1 aliphatic rings. The number of hydrogen-bond donors (Lipinski definition) is 0. The lowest BCUT2D eigenvalue weighted by Crippen LogP contribution is -2.31. The summed E-state index contributed by atoms with van der Waals surface area (Å²) in [6.07, 6.45) is 6.49. The van der Waals surface area contributed by atoms with Gasteiger partial charge in [-0.2, -0.15) is 0 Å². The van der Waals surface area contributed by atoms with Crippen molar-refractivity contribution in [2.45, 2.75) is 38.3 Å². The third kappa shape index (κ3) is 4.64. The molecule has 1 aromatic heterocycles. The van der Waals surface area contributed by atoms with Gasteiger partial charge in [-0.1, -0.05) is 12.1 Å². The van der Waals surface area contributed by atoms with Gasteiger partial charge in [0.25, 0.3) is 0 Å². The smallest absolute Gasteiger partial charge is 0.223 e. The number of aromatic nitrogens is 2. The first-order valence-corrected chi connectivity index (χ1v) is 9.02. The molecular formula is C20H25FN4O. The molecule has 0 spiro atoms. The molecule has 0 unspecified atom stereocenters. The van der Waals surface area contributed by atoms with Crippen LogP contribution in [-0.2, 0) is 17.8 Å². The monoisotopic (exact) mass is 356 g/mol. The van der Waals surface area contributed by atoms with E-state index in [4.69, 9.17) is 4.98 Å². The maximum Gasteiger partial charge on any atom is 0.223 e. The van der Waals surface area contributed by atoms with Crippen LogP contribution in [0, 0.1) is 5.82 Å². The Morgan fingerprint density at radius 3 is 2.77 bits per heavy atom. The molecule has 1 fully saturated rings. The minimum atomic E-state index is -0.254. The molecule has 2 heterocycles. The predicted molar refractivity (Wildman–Crippen MR) is 97.8 cm³/mol. The molecule has 1 aromatic carbocycles. The highest BCUT2D eigenvalue weighted by atomic mass is 19.1. The van der Waals surface area contributed by atoms with Crippen molar-refractivity contribution in [2.75, 3.05) is 20.6 Å². The zero-order valence-electron chi connectivity index (χ0n) is 15.4. The van der Waals surface area contributed by atoms with Crippen LogP contribution in [0.1, 0.15) is 42.3 Å². The number of amides is 1. The summed E-state index contributed by atoms with van der Waals surface area (Å²) in [7, 11) is 3.99. The van der Waals surface area contributed by atoms with Crippen LogP contribution in [0.5, 0.6) is 0 Å². The average Bonchev–Trinajstić information content (AvgIpc) is 3.10. The number of hydrogen-bond acceptors (Lipinski definition) is 4. The number of benzene rings is 1. The number of nitrogens with zero attached hydrogens (tertiary/aromatic N) is 4. The van der Waals surface area contributed by atoms with E-state index in [-0.39, 0.29) is 17.8 Å². The van der Waals surface area contributed by atoms with Gasteiger partial charge in [-0.3, -0.25) is 14.8 Å². The van der Waals surface area contributed by atoms with Gasteiger partial charge >= 0.3 is 0 Å². The van der Waals surface area contributed by atoms with Gasteiger partial charge in [0, 0.05) is 25.7 Å². The van der Waals surface area contributed by atoms with Crippen LogP contribution in [0.2, 0.25) is 0 Å². The Kier molecular flexibility index (Phi) is 5.93. The first-order valence-electron chi connectivity index (χ1n) is 9.02. The van der Waals surface area contributed by atoms with E-state index in [9.17, 15) is 9.18 Å². The number of aryl methyl sites for hydroxylation is 1. The number of carbonyl (C=O) groups excluding carboxylic acids is 1. The molecule has 1 saturated heterocycles. The summed E-state index contributed by atoms with van der Waals surface area (Å²) in [6.45, 7) is 1.48. The van der Waals surface area contributed by atoms with Crippen molar-refractivity contribution in [2.24, 2.45) is 0 Å². The van der Waals surface area contributed by atoms with E-state index in [1.54, 1.807) is 24.5 Å². The van der Waals surface area contributed by atoms with Crippen molar-refractivity contribution in [1.29, 1.82) is 0 Å². The molecule has 6 heteroatoms. The summed E-state index contributed by atoms with van der Waals surface area (Å²) in [4.78, 5) is 25.7. The van der Waals surface area contributed by atoms with Crippen LogP contribution in [0.15, 0.2) is 36.7 Å². The Morgan fingerprint density at radius 2 is 2.04 bits per heavy atom. The van der Waals surface area contributed by atoms with Gasteiger partial charge < -0.3 is 9.80 Å². The fourth-order valence-corrected chi connectivity index (χ4v) is 3.40. The van der Waals surface area contributed by atoms with Crippen LogP contribution in [0.3, 0.4) is 0 Å². The molecule has 0 saturated carbocycles. The van der Waals surface area contributed by atoms with E-state index >= 15 is 0 Å². The van der Waals surface area contributed by atoms with Gasteiger partial charge in [-0.15, -0.1) is 0 Å². The molecule has 0 bridgehead atoms. The Labute approximate surface area is 153 Å². The highest BCUT2D eigenvalue weighted by molar-refractivity contribution is 5.77. The van der Waals surface area contributed by atoms with Crippen molar-refractivity contribution in [1.82, 2.24) is 19.8 Å². The van der Waals surface area contributed by atoms with E-state index < -0.39 is 0 Å². The molecule has 1 atom stereocenters. The van der Waals surface area contributed by atoms with Crippen LogP contribution in [0.25, 0.3) is 0 Å². The molecule has 26 heavy (non-hydrogen) atoms. The topological polar surface area (TPSA) is 49.3 Å². The molecular weight excluding hydrogens is 331 g/mol. The average molecular weight is 356 g/mol. The van der Waals surface area contributed by atoms with Crippen LogP contribution < -0.4 is 0 Å². The molecule has 3 rings (SSSR count). The standard InChI is InChI=1S/C20H25FN4O/c1-24(2)14-17-12-22-13-18(23-17)19-4-3-11-25(19)20(26)10-7-15-5-8-16(21)9-6-15/h5-6,8-9,12-13,19H,3-4,7,10-11,14H2,1-2H3/t19-/m0/s1. The van der Waals surface area contributed by atoms with Crippen LogP contribution in [0.4, 0.5) is 4.39 Å². The quantitative estimate of drug-likeness (QED) is 0.798. The Morgan fingerprint density at radius 1 is 1.27 bits per heavy atom. The highest BCUT2D eigenvalue weighted by Crippen LogP contribution is 2.31. The Balaban J connectivity index is 1.65. The zero-order valence-corrected chi connectivity index (χ0v) is 15.4. The van der Waals surface area contributed by atoms with E-state index in [0.29, 0.717) is 12.8 Å². The first-order chi connectivity index (χ1) is 12.5. The maximum absolute atomic E-state index is 13.0. The van der Waals surface area contributed by atoms with Gasteiger partial charge in [0.2, 0.25) is 5.91 Å². The Bertz CT molecular complexity index is 748. The van der Waals surface area contributed by atoms with Crippen molar-refractivity contribution >= 4 is 5.91 Å². The minimum absolute atomic E-state index is 0.00494. The maximum atomic E-state index is 13.0. The van der Waals surface area contributed by atoms with Crippen molar-refractivity contribution in [3.05, 3.63) is 59.4 Å². The second-order valence-electron chi connectivity index (χ2n) is 7.04. The zero-order chi connectivity index (χ0) is 18.5. The van der Waals surface area contributed by atoms with Crippen LogP contribution in [-0.4, -0.2) is 46.3 Å². The van der Waals surface area contributed by atoms with Gasteiger partial charge in [0.1, 0.15) is 5.82 Å². The second-order valence-corrected chi connectivity index (χ2v) is 7.04. The van der Waals surface area contributed by atoms with Gasteiger partial charge in [0.05, 0.1) is 23.6 Å². The molecule has 1 aliphatic heterocycles. The third-order valence-corrected chi connectivity index (χ3v) is 4.64. The van der Waals surface area contributed by atoms with E-state index in [2.05, 4.69) is 4.98 Å². The van der Waals surface area contributed by atoms with E-state index in [0.717, 1.165) is 42.9 Å². The summed E-state index contributed by atoms with van der Waals surface area (Å²) < 4.78 is 13.0. The lowest BCUT2D eigenvalue weighted by molar-refractivity contribution is -0.132. The van der Waals surface area contributed by atoms with Gasteiger partial charge in [-0.05, 0) is 51.1 Å². The van der Waals surface area contributed by atoms with Gasteiger partial charge in [-0.25, -0.2) is 4.39 Å². The lowest BCUT2D eigenvalue weighted by Gasteiger charge is -2.24. The number of carbonyl (C=O) groups is 1. The van der Waals surface area contributed by atoms with Crippen LogP contribution >= 0.6 is 0 Å². The molecule has 0 aliphatic carbocycles. The number of likely N-dealkylation sites (tertiary alicyclic amines) is 1. The predicted octanol–water partition coefficient (Wildman–Crippen LogP) is 2.97. The Hall–Kier alpha value is -2.34. The minimum Gasteiger partial charge on any atom is -0.334 e. The van der Waals surface area contributed by atoms with Crippen molar-refractivity contribution in [3.8, 4) is 0 Å². The molecule has 138 valence electrons. The second kappa shape index (κ2) is 8.36. The number of halogens is 1. The highest BCUT2D eigenvalue weighted by Gasteiger charge is 2.30. The van der Waals surface area contributed by atoms with Gasteiger partial charge in [0.15, 0.2) is 0 Å². The summed E-state index contributed by atoms with van der Waals surface area (Å²) >= 11 is 0. The molecule has 1 amide bonds. The summed E-state index contributed by atoms with van der Waals surface area (Å²) in [5.41, 5.74) is 2.76. The first kappa shape index (κ1) is 18.5. The molecule has 0 radical (unpaired) electrons. The largest absolute Gasteiger partial charge is 0.334 e. The van der Waals surface area contributed by atoms with E-state index in [1.807, 2.05) is 23.9 Å². The summed E-state index contributed by atoms with van der Waals surface area (Å²) in [5, 5.41) is 0.